The van der Waals surface area contributed by atoms with E-state index in [2.05, 4.69) is 10.9 Å². The fourth-order valence-corrected chi connectivity index (χ4v) is 1.91. The van der Waals surface area contributed by atoms with Crippen LogP contribution in [0.2, 0.25) is 0 Å². The van der Waals surface area contributed by atoms with E-state index in [9.17, 15) is 24.1 Å². The summed E-state index contributed by atoms with van der Waals surface area (Å²) in [5.41, 5.74) is 3.68. The lowest BCUT2D eigenvalue weighted by molar-refractivity contribution is -0.385. The molecule has 2 amide bonds. The Hall–Kier alpha value is -3.69. The fraction of sp³-hybridized carbons (Fsp3) is 0.125. The summed E-state index contributed by atoms with van der Waals surface area (Å²) < 4.78 is 23.2. The van der Waals surface area contributed by atoms with E-state index >= 15 is 0 Å². The lowest BCUT2D eigenvalue weighted by atomic mass is 10.2. The average Bonchev–Trinajstić information content (AvgIpc) is 2.64. The van der Waals surface area contributed by atoms with Gasteiger partial charge in [0, 0.05) is 11.6 Å². The van der Waals surface area contributed by atoms with Crippen LogP contribution in [0.15, 0.2) is 42.5 Å². The van der Waals surface area contributed by atoms with E-state index in [0.29, 0.717) is 0 Å². The third-order valence-electron chi connectivity index (χ3n) is 3.15. The van der Waals surface area contributed by atoms with Crippen molar-refractivity contribution in [2.75, 3.05) is 13.7 Å². The summed E-state index contributed by atoms with van der Waals surface area (Å²) in [6.45, 7) is -0.538. The summed E-state index contributed by atoms with van der Waals surface area (Å²) in [7, 11) is 1.26. The zero-order valence-corrected chi connectivity index (χ0v) is 13.5. The number of nitrogens with one attached hydrogen (secondary N) is 2. The van der Waals surface area contributed by atoms with E-state index in [1.165, 1.54) is 43.5 Å². The smallest absolute Gasteiger partial charge is 0.311 e. The molecule has 0 saturated heterocycles. The Morgan fingerprint density at radius 2 is 1.88 bits per heavy atom. The summed E-state index contributed by atoms with van der Waals surface area (Å²) in [6.07, 6.45) is 0. The molecule has 0 radical (unpaired) electrons. The number of amides is 2. The molecule has 2 N–H and O–H groups in total. The molecule has 0 fully saturated rings. The van der Waals surface area contributed by atoms with E-state index in [4.69, 9.17) is 9.47 Å². The van der Waals surface area contributed by atoms with Crippen molar-refractivity contribution in [1.82, 2.24) is 10.9 Å². The third-order valence-corrected chi connectivity index (χ3v) is 3.15. The van der Waals surface area contributed by atoms with Crippen molar-refractivity contribution in [3.63, 3.8) is 0 Å². The molecule has 10 heteroatoms. The number of nitrogens with zero attached hydrogens (tertiary/aromatic N) is 1. The minimum Gasteiger partial charge on any atom is -0.490 e. The van der Waals surface area contributed by atoms with Crippen molar-refractivity contribution < 1.29 is 28.4 Å². The molecular weight excluding hydrogens is 349 g/mol. The highest BCUT2D eigenvalue weighted by atomic mass is 19.1. The number of carbonyl (C=O) groups is 2. The normalized spacial score (nSPS) is 9.92. The van der Waals surface area contributed by atoms with Gasteiger partial charge in [-0.1, -0.05) is 12.1 Å². The molecule has 2 aromatic carbocycles. The van der Waals surface area contributed by atoms with Gasteiger partial charge in [-0.15, -0.1) is 0 Å². The molecule has 136 valence electrons. The number of nitro benzene ring substituents is 1. The first-order valence-electron chi connectivity index (χ1n) is 7.21. The molecule has 2 aromatic rings. The quantitative estimate of drug-likeness (QED) is 0.594. The number of halogens is 1. The topological polar surface area (TPSA) is 120 Å². The molecule has 0 saturated carbocycles. The predicted molar refractivity (Wildman–Crippen MR) is 87.2 cm³/mol. The summed E-state index contributed by atoms with van der Waals surface area (Å²) >= 11 is 0. The standard InChI is InChI=1S/C16H14FN3O6/c1-25-14-7-6-10(8-12(14)20(23)24)16(22)19-18-15(21)9-26-13-5-3-2-4-11(13)17/h2-8H,9H2,1H3,(H,18,21)(H,19,22). The number of hydrogen-bond acceptors (Lipinski definition) is 6. The second-order valence-corrected chi connectivity index (χ2v) is 4.87. The summed E-state index contributed by atoms with van der Waals surface area (Å²) in [6, 6.07) is 9.09. The first-order valence-corrected chi connectivity index (χ1v) is 7.21. The molecule has 0 atom stereocenters. The largest absolute Gasteiger partial charge is 0.490 e. The molecule has 0 aliphatic heterocycles. The third kappa shape index (κ3) is 4.66. The number of ether oxygens (including phenoxy) is 2. The Balaban J connectivity index is 1.92. The van der Waals surface area contributed by atoms with Crippen molar-refractivity contribution in [3.05, 3.63) is 64.0 Å². The maximum atomic E-state index is 13.3. The molecule has 0 heterocycles. The van der Waals surface area contributed by atoms with Crippen molar-refractivity contribution >= 4 is 17.5 Å². The van der Waals surface area contributed by atoms with Gasteiger partial charge in [0.05, 0.1) is 12.0 Å². The van der Waals surface area contributed by atoms with Gasteiger partial charge in [-0.2, -0.15) is 0 Å². The molecular formula is C16H14FN3O6. The van der Waals surface area contributed by atoms with Crippen molar-refractivity contribution in [3.8, 4) is 11.5 Å². The number of methoxy groups -OCH3 is 1. The minimum atomic E-state index is -0.782. The Morgan fingerprint density at radius 1 is 1.15 bits per heavy atom. The lowest BCUT2D eigenvalue weighted by Gasteiger charge is -2.09. The van der Waals surface area contributed by atoms with Gasteiger partial charge in [-0.05, 0) is 24.3 Å². The first-order chi connectivity index (χ1) is 12.4. The first kappa shape index (κ1) is 18.6. The number of hydrogen-bond donors (Lipinski definition) is 2. The molecule has 0 aliphatic carbocycles. The van der Waals surface area contributed by atoms with E-state index in [0.717, 1.165) is 6.07 Å². The van der Waals surface area contributed by atoms with Crippen LogP contribution in [0.25, 0.3) is 0 Å². The molecule has 2 rings (SSSR count). The van der Waals surface area contributed by atoms with E-state index < -0.39 is 34.8 Å². The Kier molecular flexibility index (Phi) is 6.04. The summed E-state index contributed by atoms with van der Waals surface area (Å²) in [5.74, 6) is -2.27. The number of nitro groups is 1. The van der Waals surface area contributed by atoms with Crippen LogP contribution in [-0.4, -0.2) is 30.5 Å². The second-order valence-electron chi connectivity index (χ2n) is 4.87. The maximum Gasteiger partial charge on any atom is 0.311 e. The van der Waals surface area contributed by atoms with Gasteiger partial charge >= 0.3 is 5.69 Å². The number of para-hydroxylation sites is 1. The molecule has 0 bridgehead atoms. The van der Waals surface area contributed by atoms with Gasteiger partial charge < -0.3 is 9.47 Å². The summed E-state index contributed by atoms with van der Waals surface area (Å²) in [5, 5.41) is 10.9. The maximum absolute atomic E-state index is 13.3. The van der Waals surface area contributed by atoms with Crippen LogP contribution in [0.1, 0.15) is 10.4 Å². The zero-order chi connectivity index (χ0) is 19.1. The number of carbonyl (C=O) groups excluding carboxylic acids is 2. The highest BCUT2D eigenvalue weighted by Crippen LogP contribution is 2.27. The van der Waals surface area contributed by atoms with Crippen LogP contribution in [0.4, 0.5) is 10.1 Å². The Labute approximate surface area is 146 Å². The molecule has 0 aliphatic rings. The number of benzene rings is 2. The highest BCUT2D eigenvalue weighted by Gasteiger charge is 2.18. The van der Waals surface area contributed by atoms with Crippen molar-refractivity contribution in [1.29, 1.82) is 0 Å². The Morgan fingerprint density at radius 3 is 2.54 bits per heavy atom. The van der Waals surface area contributed by atoms with Gasteiger partial charge in [0.2, 0.25) is 0 Å². The van der Waals surface area contributed by atoms with Crippen LogP contribution in [0, 0.1) is 15.9 Å². The van der Waals surface area contributed by atoms with Crippen LogP contribution >= 0.6 is 0 Å². The summed E-state index contributed by atoms with van der Waals surface area (Å²) in [4.78, 5) is 33.8. The predicted octanol–water partition coefficient (Wildman–Crippen LogP) is 1.58. The van der Waals surface area contributed by atoms with Crippen molar-refractivity contribution in [2.24, 2.45) is 0 Å². The molecule has 9 nitrogen and oxygen atoms in total. The average molecular weight is 363 g/mol. The SMILES string of the molecule is COc1ccc(C(=O)NNC(=O)COc2ccccc2F)cc1[N+](=O)[O-]. The van der Waals surface area contributed by atoms with E-state index in [1.54, 1.807) is 0 Å². The zero-order valence-electron chi connectivity index (χ0n) is 13.5. The van der Waals surface area contributed by atoms with Gasteiger partial charge in [0.25, 0.3) is 11.8 Å². The molecule has 0 spiro atoms. The number of rotatable bonds is 6. The second kappa shape index (κ2) is 8.42. The molecule has 0 unspecified atom stereocenters. The van der Waals surface area contributed by atoms with Crippen LogP contribution in [-0.2, 0) is 4.79 Å². The van der Waals surface area contributed by atoms with Crippen molar-refractivity contribution in [2.45, 2.75) is 0 Å². The Bertz CT molecular complexity index is 842. The molecule has 0 aromatic heterocycles. The van der Waals surface area contributed by atoms with E-state index in [1.807, 2.05) is 0 Å². The van der Waals surface area contributed by atoms with Gasteiger partial charge in [0.1, 0.15) is 0 Å². The minimum absolute atomic E-state index is 0.00567. The number of hydrazine groups is 1. The van der Waals surface area contributed by atoms with Gasteiger partial charge in [-0.3, -0.25) is 30.6 Å². The highest BCUT2D eigenvalue weighted by molar-refractivity contribution is 5.96. The lowest BCUT2D eigenvalue weighted by Crippen LogP contribution is -2.43. The monoisotopic (exact) mass is 363 g/mol. The van der Waals surface area contributed by atoms with E-state index in [-0.39, 0.29) is 17.1 Å². The van der Waals surface area contributed by atoms with Gasteiger partial charge in [0.15, 0.2) is 23.9 Å². The van der Waals surface area contributed by atoms with Crippen LogP contribution in [0.5, 0.6) is 11.5 Å². The fourth-order valence-electron chi connectivity index (χ4n) is 1.91. The van der Waals surface area contributed by atoms with Crippen LogP contribution in [0.3, 0.4) is 0 Å². The van der Waals surface area contributed by atoms with Crippen LogP contribution < -0.4 is 20.3 Å². The molecule has 26 heavy (non-hydrogen) atoms. The van der Waals surface area contributed by atoms with Gasteiger partial charge in [-0.25, -0.2) is 4.39 Å².